The topological polar surface area (TPSA) is 88.5 Å². The monoisotopic (exact) mass is 294 g/mol. The van der Waals surface area contributed by atoms with Gasteiger partial charge < -0.3 is 9.84 Å². The quantitative estimate of drug-likeness (QED) is 0.869. The second kappa shape index (κ2) is 5.89. The molecule has 0 unspecified atom stereocenters. The number of sulfonamides is 1. The highest BCUT2D eigenvalue weighted by atomic mass is 32.2. The summed E-state index contributed by atoms with van der Waals surface area (Å²) in [7, 11) is -2.27. The van der Waals surface area contributed by atoms with E-state index in [1.54, 1.807) is 18.3 Å². The van der Waals surface area contributed by atoms with E-state index in [-0.39, 0.29) is 11.5 Å². The number of nitrogens with zero attached hydrogens (tertiary/aromatic N) is 1. The Morgan fingerprint density at radius 1 is 1.35 bits per heavy atom. The third-order valence-electron chi connectivity index (χ3n) is 2.65. The van der Waals surface area contributed by atoms with Crippen molar-refractivity contribution in [3.8, 4) is 5.75 Å². The van der Waals surface area contributed by atoms with Crippen molar-refractivity contribution in [2.45, 2.75) is 11.5 Å². The molecule has 2 rings (SSSR count). The van der Waals surface area contributed by atoms with Crippen molar-refractivity contribution in [2.75, 3.05) is 11.8 Å². The first kappa shape index (κ1) is 14.3. The molecule has 7 heteroatoms. The number of aliphatic hydroxyl groups excluding tert-OH is 1. The number of aliphatic hydroxyl groups is 1. The molecule has 2 N–H and O–H groups in total. The number of rotatable bonds is 5. The van der Waals surface area contributed by atoms with Gasteiger partial charge in [0.15, 0.2) is 0 Å². The highest BCUT2D eigenvalue weighted by molar-refractivity contribution is 7.92. The highest BCUT2D eigenvalue weighted by Gasteiger charge is 2.16. The van der Waals surface area contributed by atoms with Gasteiger partial charge >= 0.3 is 0 Å². The van der Waals surface area contributed by atoms with Gasteiger partial charge in [-0.3, -0.25) is 9.71 Å². The molecule has 0 radical (unpaired) electrons. The van der Waals surface area contributed by atoms with Crippen LogP contribution in [0.1, 0.15) is 5.56 Å². The fourth-order valence-electron chi connectivity index (χ4n) is 1.68. The molecule has 1 heterocycles. The van der Waals surface area contributed by atoms with Gasteiger partial charge in [-0.2, -0.15) is 0 Å². The maximum absolute atomic E-state index is 12.2. The van der Waals surface area contributed by atoms with Crippen LogP contribution in [0, 0.1) is 0 Å². The lowest BCUT2D eigenvalue weighted by Gasteiger charge is -2.11. The maximum atomic E-state index is 12.2. The lowest BCUT2D eigenvalue weighted by Crippen LogP contribution is -2.13. The van der Waals surface area contributed by atoms with Crippen LogP contribution in [-0.2, 0) is 16.6 Å². The summed E-state index contributed by atoms with van der Waals surface area (Å²) < 4.78 is 31.9. The van der Waals surface area contributed by atoms with E-state index in [9.17, 15) is 13.5 Å². The number of anilines is 1. The Bertz CT molecular complexity index is 687. The molecule has 2 aromatic rings. The summed E-state index contributed by atoms with van der Waals surface area (Å²) >= 11 is 0. The minimum Gasteiger partial charge on any atom is -0.496 e. The first-order chi connectivity index (χ1) is 9.56. The van der Waals surface area contributed by atoms with Crippen molar-refractivity contribution in [3.05, 3.63) is 48.3 Å². The summed E-state index contributed by atoms with van der Waals surface area (Å²) in [4.78, 5) is 3.88. The zero-order valence-corrected chi connectivity index (χ0v) is 11.6. The van der Waals surface area contributed by atoms with E-state index >= 15 is 0 Å². The Labute approximate surface area is 117 Å². The van der Waals surface area contributed by atoms with Gasteiger partial charge in [-0.1, -0.05) is 0 Å². The summed E-state index contributed by atoms with van der Waals surface area (Å²) in [6.07, 6.45) is 2.96. The van der Waals surface area contributed by atoms with Crippen molar-refractivity contribution in [2.24, 2.45) is 0 Å². The SMILES string of the molecule is COc1ccc(S(=O)(=O)Nc2cccnc2)cc1CO. The molecule has 106 valence electrons. The van der Waals surface area contributed by atoms with Gasteiger partial charge in [-0.25, -0.2) is 8.42 Å². The minimum absolute atomic E-state index is 0.0474. The number of nitrogens with one attached hydrogen (secondary N) is 1. The van der Waals surface area contributed by atoms with Crippen LogP contribution in [0.15, 0.2) is 47.6 Å². The molecule has 6 nitrogen and oxygen atoms in total. The largest absolute Gasteiger partial charge is 0.496 e. The molecule has 20 heavy (non-hydrogen) atoms. The highest BCUT2D eigenvalue weighted by Crippen LogP contribution is 2.23. The number of ether oxygens (including phenoxy) is 1. The number of benzene rings is 1. The standard InChI is InChI=1S/C13H14N2O4S/c1-19-13-5-4-12(7-10(13)9-16)20(17,18)15-11-3-2-6-14-8-11/h2-8,15-16H,9H2,1H3. The van der Waals surface area contributed by atoms with Crippen molar-refractivity contribution in [1.29, 1.82) is 0 Å². The Balaban J connectivity index is 2.35. The normalized spacial score (nSPS) is 11.1. The molecular weight excluding hydrogens is 280 g/mol. The maximum Gasteiger partial charge on any atom is 0.261 e. The molecule has 0 fully saturated rings. The van der Waals surface area contributed by atoms with Gasteiger partial charge in [0.1, 0.15) is 5.75 Å². The van der Waals surface area contributed by atoms with Gasteiger partial charge in [0.25, 0.3) is 10.0 Å². The molecule has 1 aromatic heterocycles. The van der Waals surface area contributed by atoms with Gasteiger partial charge in [-0.05, 0) is 30.3 Å². The van der Waals surface area contributed by atoms with Crippen LogP contribution in [0.25, 0.3) is 0 Å². The Hall–Kier alpha value is -2.12. The molecule has 0 aliphatic rings. The fourth-order valence-corrected chi connectivity index (χ4v) is 2.78. The lowest BCUT2D eigenvalue weighted by atomic mass is 10.2. The van der Waals surface area contributed by atoms with Crippen LogP contribution >= 0.6 is 0 Å². The zero-order valence-electron chi connectivity index (χ0n) is 10.8. The Morgan fingerprint density at radius 2 is 2.15 bits per heavy atom. The second-order valence-corrected chi connectivity index (χ2v) is 5.66. The van der Waals surface area contributed by atoms with E-state index in [4.69, 9.17) is 4.74 Å². The first-order valence-corrected chi connectivity index (χ1v) is 7.26. The van der Waals surface area contributed by atoms with E-state index in [0.717, 1.165) is 0 Å². The summed E-state index contributed by atoms with van der Waals surface area (Å²) in [6.45, 7) is -0.306. The summed E-state index contributed by atoms with van der Waals surface area (Å²) in [5, 5.41) is 9.22. The molecule has 0 spiro atoms. The Kier molecular flexibility index (Phi) is 4.21. The second-order valence-electron chi connectivity index (χ2n) is 3.98. The van der Waals surface area contributed by atoms with Gasteiger partial charge in [0, 0.05) is 11.8 Å². The average Bonchev–Trinajstić information content (AvgIpc) is 2.47. The van der Waals surface area contributed by atoms with Gasteiger partial charge in [-0.15, -0.1) is 0 Å². The van der Waals surface area contributed by atoms with Crippen molar-refractivity contribution >= 4 is 15.7 Å². The average molecular weight is 294 g/mol. The third kappa shape index (κ3) is 3.06. The lowest BCUT2D eigenvalue weighted by molar-refractivity contribution is 0.273. The fraction of sp³-hybridized carbons (Fsp3) is 0.154. The predicted molar refractivity (Wildman–Crippen MR) is 74.0 cm³/mol. The van der Waals surface area contributed by atoms with Crippen LogP contribution in [0.4, 0.5) is 5.69 Å². The third-order valence-corrected chi connectivity index (χ3v) is 4.03. The molecule has 0 saturated heterocycles. The molecule has 0 aliphatic carbocycles. The van der Waals surface area contributed by atoms with Gasteiger partial charge in [0.2, 0.25) is 0 Å². The number of aromatic nitrogens is 1. The first-order valence-electron chi connectivity index (χ1n) is 5.77. The predicted octanol–water partition coefficient (Wildman–Crippen LogP) is 1.38. The Morgan fingerprint density at radius 3 is 2.75 bits per heavy atom. The van der Waals surface area contributed by atoms with E-state index in [0.29, 0.717) is 17.0 Å². The van der Waals surface area contributed by atoms with E-state index in [1.807, 2.05) is 0 Å². The molecule has 0 saturated carbocycles. The minimum atomic E-state index is -3.73. The number of methoxy groups -OCH3 is 1. The van der Waals surface area contributed by atoms with Crippen molar-refractivity contribution in [3.63, 3.8) is 0 Å². The molecule has 1 aromatic carbocycles. The van der Waals surface area contributed by atoms with E-state index < -0.39 is 10.0 Å². The molecular formula is C13H14N2O4S. The van der Waals surface area contributed by atoms with Crippen LogP contribution in [0.2, 0.25) is 0 Å². The number of hydrogen-bond donors (Lipinski definition) is 2. The molecule has 0 atom stereocenters. The number of hydrogen-bond acceptors (Lipinski definition) is 5. The molecule has 0 bridgehead atoms. The summed E-state index contributed by atoms with van der Waals surface area (Å²) in [6, 6.07) is 7.52. The van der Waals surface area contributed by atoms with E-state index in [1.165, 1.54) is 31.5 Å². The number of pyridine rings is 1. The zero-order chi connectivity index (χ0) is 14.6. The van der Waals surface area contributed by atoms with Gasteiger partial charge in [0.05, 0.1) is 30.5 Å². The molecule has 0 aliphatic heterocycles. The molecule has 0 amide bonds. The van der Waals surface area contributed by atoms with Crippen LogP contribution in [-0.4, -0.2) is 25.6 Å². The van der Waals surface area contributed by atoms with Crippen molar-refractivity contribution in [1.82, 2.24) is 4.98 Å². The summed E-state index contributed by atoms with van der Waals surface area (Å²) in [5.41, 5.74) is 0.774. The smallest absolute Gasteiger partial charge is 0.261 e. The van der Waals surface area contributed by atoms with E-state index in [2.05, 4.69) is 9.71 Å². The van der Waals surface area contributed by atoms with Crippen LogP contribution in [0.5, 0.6) is 5.75 Å². The summed E-state index contributed by atoms with van der Waals surface area (Å²) in [5.74, 6) is 0.438. The van der Waals surface area contributed by atoms with Crippen molar-refractivity contribution < 1.29 is 18.3 Å². The van der Waals surface area contributed by atoms with Crippen LogP contribution < -0.4 is 9.46 Å². The van der Waals surface area contributed by atoms with Crippen LogP contribution in [0.3, 0.4) is 0 Å².